The highest BCUT2D eigenvalue weighted by Crippen LogP contribution is 2.27. The largest absolute Gasteiger partial charge is 0.493 e. The summed E-state index contributed by atoms with van der Waals surface area (Å²) in [7, 11) is 0. The quantitative estimate of drug-likeness (QED) is 0.363. The first-order valence-electron chi connectivity index (χ1n) is 8.20. The second-order valence-electron chi connectivity index (χ2n) is 5.39. The summed E-state index contributed by atoms with van der Waals surface area (Å²) in [6.45, 7) is 1.95. The van der Waals surface area contributed by atoms with Crippen LogP contribution in [0.1, 0.15) is 17.3 Å². The van der Waals surface area contributed by atoms with Gasteiger partial charge in [-0.25, -0.2) is 0 Å². The molecule has 0 aliphatic rings. The minimum Gasteiger partial charge on any atom is -0.493 e. The number of hydrazine groups is 1. The summed E-state index contributed by atoms with van der Waals surface area (Å²) in [4.78, 5) is 24.3. The summed E-state index contributed by atoms with van der Waals surface area (Å²) >= 11 is 17.5. The van der Waals surface area contributed by atoms with Crippen LogP contribution in [-0.4, -0.2) is 30.1 Å². The second-order valence-corrected chi connectivity index (χ2v) is 8.01. The van der Waals surface area contributed by atoms with Gasteiger partial charge < -0.3 is 9.47 Å². The number of carbonyl (C=O) groups excluding carboxylic acids is 2. The molecule has 3 N–H and O–H groups in total. The highest BCUT2D eigenvalue weighted by Gasteiger charge is 2.15. The van der Waals surface area contributed by atoms with Crippen molar-refractivity contribution < 1.29 is 19.1 Å². The first-order valence-corrected chi connectivity index (χ1v) is 10.6. The number of amides is 2. The Morgan fingerprint density at radius 3 is 2.48 bits per heavy atom. The number of benzene rings is 2. The fraction of sp³-hybridized carbons (Fsp3) is 0.167. The van der Waals surface area contributed by atoms with Crippen molar-refractivity contribution in [1.82, 2.24) is 16.2 Å². The topological polar surface area (TPSA) is 88.7 Å². The van der Waals surface area contributed by atoms with Crippen molar-refractivity contribution in [2.24, 2.45) is 0 Å². The Hall–Kier alpha value is -1.88. The molecule has 0 fully saturated rings. The number of rotatable bonds is 6. The third kappa shape index (κ3) is 7.46. The Balaban J connectivity index is 1.84. The van der Waals surface area contributed by atoms with Crippen LogP contribution in [0.2, 0.25) is 5.02 Å². The number of nitrogens with one attached hydrogen (secondary N) is 3. The van der Waals surface area contributed by atoms with E-state index in [-0.39, 0.29) is 11.7 Å². The van der Waals surface area contributed by atoms with Gasteiger partial charge in [-0.2, -0.15) is 0 Å². The van der Waals surface area contributed by atoms with E-state index in [0.717, 1.165) is 0 Å². The minimum atomic E-state index is -0.499. The molecule has 0 atom stereocenters. The number of ether oxygens (including phenoxy) is 2. The van der Waals surface area contributed by atoms with Crippen molar-refractivity contribution in [2.45, 2.75) is 6.92 Å². The lowest BCUT2D eigenvalue weighted by atomic mass is 10.2. The van der Waals surface area contributed by atoms with Crippen LogP contribution >= 0.6 is 55.7 Å². The van der Waals surface area contributed by atoms with Crippen LogP contribution < -0.4 is 25.6 Å². The van der Waals surface area contributed by atoms with Crippen LogP contribution in [0.3, 0.4) is 0 Å². The molecular weight excluding hydrogens is 550 g/mol. The fourth-order valence-corrected chi connectivity index (χ4v) is 3.36. The third-order valence-electron chi connectivity index (χ3n) is 3.28. The van der Waals surface area contributed by atoms with Crippen molar-refractivity contribution in [3.63, 3.8) is 0 Å². The molecule has 7 nitrogen and oxygen atoms in total. The summed E-state index contributed by atoms with van der Waals surface area (Å²) < 4.78 is 12.2. The first-order chi connectivity index (χ1) is 13.8. The molecule has 29 heavy (non-hydrogen) atoms. The average Bonchev–Trinajstić information content (AvgIpc) is 2.67. The highest BCUT2D eigenvalue weighted by atomic mass is 79.9. The van der Waals surface area contributed by atoms with Crippen molar-refractivity contribution in [3.8, 4) is 11.5 Å². The van der Waals surface area contributed by atoms with E-state index in [1.807, 2.05) is 6.92 Å². The Bertz CT molecular complexity index is 930. The second kappa shape index (κ2) is 11.3. The normalized spacial score (nSPS) is 10.1. The van der Waals surface area contributed by atoms with Crippen molar-refractivity contribution in [3.05, 3.63) is 55.9 Å². The maximum absolute atomic E-state index is 12.4. The van der Waals surface area contributed by atoms with E-state index < -0.39 is 11.8 Å². The molecule has 0 heterocycles. The number of thiocarbonyl (C=S) groups is 1. The summed E-state index contributed by atoms with van der Waals surface area (Å²) in [5.41, 5.74) is 5.08. The van der Waals surface area contributed by atoms with Crippen molar-refractivity contribution >= 4 is 72.6 Å². The Morgan fingerprint density at radius 1 is 1.07 bits per heavy atom. The van der Waals surface area contributed by atoms with Crippen molar-refractivity contribution in [2.75, 3.05) is 13.2 Å². The predicted octanol–water partition coefficient (Wildman–Crippen LogP) is 3.98. The van der Waals surface area contributed by atoms with Crippen LogP contribution in [0, 0.1) is 0 Å². The number of carbonyl (C=O) groups is 2. The van der Waals surface area contributed by atoms with Gasteiger partial charge in [-0.3, -0.25) is 25.8 Å². The van der Waals surface area contributed by atoms with Gasteiger partial charge in [0.1, 0.15) is 11.5 Å². The average molecular weight is 566 g/mol. The molecule has 11 heteroatoms. The zero-order chi connectivity index (χ0) is 21.4. The number of halogens is 3. The molecular formula is C18H16Br2ClN3O4S. The van der Waals surface area contributed by atoms with Crippen LogP contribution in [0.15, 0.2) is 45.3 Å². The van der Waals surface area contributed by atoms with Gasteiger partial charge in [-0.1, -0.05) is 27.5 Å². The smallest absolute Gasteiger partial charge is 0.276 e. The van der Waals surface area contributed by atoms with Gasteiger partial charge in [-0.15, -0.1) is 0 Å². The van der Waals surface area contributed by atoms with Gasteiger partial charge in [0.2, 0.25) is 0 Å². The van der Waals surface area contributed by atoms with E-state index >= 15 is 0 Å². The standard InChI is InChI=1S/C18H16Br2ClN3O4S/c1-2-27-14-5-3-10(19)7-12(14)17(26)22-18(29)24-23-16(25)9-28-15-6-4-11(21)8-13(15)20/h3-8H,2,9H2,1H3,(H,23,25)(H2,22,24,26,29). The zero-order valence-corrected chi connectivity index (χ0v) is 19.8. The summed E-state index contributed by atoms with van der Waals surface area (Å²) in [6, 6.07) is 9.97. The molecule has 0 saturated carbocycles. The molecule has 0 aliphatic heterocycles. The maximum atomic E-state index is 12.4. The van der Waals surface area contributed by atoms with Crippen LogP contribution in [0.4, 0.5) is 0 Å². The van der Waals surface area contributed by atoms with E-state index in [9.17, 15) is 9.59 Å². The Labute approximate surface area is 194 Å². The van der Waals surface area contributed by atoms with Gasteiger partial charge in [-0.05, 0) is 71.5 Å². The van der Waals surface area contributed by atoms with Gasteiger partial charge in [0, 0.05) is 9.50 Å². The number of hydrogen-bond donors (Lipinski definition) is 3. The molecule has 154 valence electrons. The van der Waals surface area contributed by atoms with E-state index in [4.69, 9.17) is 33.3 Å². The Morgan fingerprint density at radius 2 is 1.79 bits per heavy atom. The molecule has 0 aromatic heterocycles. The number of hydrogen-bond acceptors (Lipinski definition) is 5. The monoisotopic (exact) mass is 563 g/mol. The highest BCUT2D eigenvalue weighted by molar-refractivity contribution is 9.10. The lowest BCUT2D eigenvalue weighted by Crippen LogP contribution is -2.49. The molecule has 0 saturated heterocycles. The molecule has 0 unspecified atom stereocenters. The Kier molecular flexibility index (Phi) is 9.15. The molecule has 0 aliphatic carbocycles. The molecule has 2 aromatic rings. The van der Waals surface area contributed by atoms with E-state index in [0.29, 0.717) is 37.6 Å². The lowest BCUT2D eigenvalue weighted by Gasteiger charge is -2.14. The van der Waals surface area contributed by atoms with E-state index in [1.54, 1.807) is 36.4 Å². The van der Waals surface area contributed by atoms with Crippen LogP contribution in [0.5, 0.6) is 11.5 Å². The zero-order valence-electron chi connectivity index (χ0n) is 15.1. The summed E-state index contributed by atoms with van der Waals surface area (Å²) in [6.07, 6.45) is 0. The molecule has 0 spiro atoms. The maximum Gasteiger partial charge on any atom is 0.276 e. The molecule has 2 aromatic carbocycles. The third-order valence-corrected chi connectivity index (χ3v) is 4.83. The van der Waals surface area contributed by atoms with E-state index in [1.165, 1.54) is 0 Å². The van der Waals surface area contributed by atoms with Crippen LogP contribution in [-0.2, 0) is 4.79 Å². The molecule has 2 amide bonds. The lowest BCUT2D eigenvalue weighted by molar-refractivity contribution is -0.123. The molecule has 0 radical (unpaired) electrons. The molecule has 0 bridgehead atoms. The van der Waals surface area contributed by atoms with Gasteiger partial charge in [0.25, 0.3) is 11.8 Å². The predicted molar refractivity (Wildman–Crippen MR) is 121 cm³/mol. The van der Waals surface area contributed by atoms with Gasteiger partial charge in [0.05, 0.1) is 16.6 Å². The van der Waals surface area contributed by atoms with Crippen molar-refractivity contribution in [1.29, 1.82) is 0 Å². The van der Waals surface area contributed by atoms with Crippen LogP contribution in [0.25, 0.3) is 0 Å². The fourth-order valence-electron chi connectivity index (χ4n) is 2.06. The summed E-state index contributed by atoms with van der Waals surface area (Å²) in [5.74, 6) is -0.107. The molecule has 2 rings (SSSR count). The minimum absolute atomic E-state index is 0.0848. The van der Waals surface area contributed by atoms with Gasteiger partial charge in [0.15, 0.2) is 11.7 Å². The first kappa shape index (κ1) is 23.4. The van der Waals surface area contributed by atoms with E-state index in [2.05, 4.69) is 48.0 Å². The summed E-state index contributed by atoms with van der Waals surface area (Å²) in [5, 5.41) is 2.92. The van der Waals surface area contributed by atoms with Gasteiger partial charge >= 0.3 is 0 Å². The SMILES string of the molecule is CCOc1ccc(Br)cc1C(=O)NC(=S)NNC(=O)COc1ccc(Cl)cc1Br.